The molecule has 0 unspecified atom stereocenters. The molecule has 6 heteroatoms. The van der Waals surface area contributed by atoms with E-state index in [9.17, 15) is 14.0 Å². The van der Waals surface area contributed by atoms with E-state index in [4.69, 9.17) is 0 Å². The first-order valence-corrected chi connectivity index (χ1v) is 5.60. The summed E-state index contributed by atoms with van der Waals surface area (Å²) in [5.41, 5.74) is -0.708. The van der Waals surface area contributed by atoms with E-state index in [1.54, 1.807) is 13.1 Å². The summed E-state index contributed by atoms with van der Waals surface area (Å²) in [5, 5.41) is 2.81. The molecule has 1 N–H and O–H groups in total. The molecule has 0 atom stereocenters. The van der Waals surface area contributed by atoms with Gasteiger partial charge in [-0.05, 0) is 19.2 Å². The van der Waals surface area contributed by atoms with E-state index in [1.165, 1.54) is 23.7 Å². The molecule has 0 aliphatic carbocycles. The largest absolute Gasteiger partial charge is 0.331 e. The molecule has 1 aromatic carbocycles. The van der Waals surface area contributed by atoms with Crippen LogP contribution in [0.5, 0.6) is 0 Å². The first-order valence-electron chi connectivity index (χ1n) is 5.60. The highest BCUT2D eigenvalue weighted by Crippen LogP contribution is 2.10. The second-order valence-electron chi connectivity index (χ2n) is 4.04. The van der Waals surface area contributed by atoms with E-state index in [0.717, 1.165) is 4.57 Å². The van der Waals surface area contributed by atoms with Crippen molar-refractivity contribution in [2.24, 2.45) is 7.05 Å². The van der Waals surface area contributed by atoms with E-state index >= 15 is 0 Å². The van der Waals surface area contributed by atoms with Crippen molar-refractivity contribution in [3.63, 3.8) is 0 Å². The fourth-order valence-corrected chi connectivity index (χ4v) is 1.93. The number of hydrogen-bond acceptors (Lipinski definition) is 3. The standard InChI is InChI=1S/C12H14FN3O2/c1-14-6-7-16-11(17)10-8(13)4-3-5-9(10)15(2)12(16)18/h3-5,14H,6-7H2,1-2H3. The van der Waals surface area contributed by atoms with Gasteiger partial charge >= 0.3 is 5.69 Å². The molecule has 1 heterocycles. The van der Waals surface area contributed by atoms with Crippen LogP contribution < -0.4 is 16.6 Å². The predicted octanol–water partition coefficient (Wildman–Crippen LogP) is 0.0587. The molecule has 2 rings (SSSR count). The number of fused-ring (bicyclic) bond motifs is 1. The molecule has 0 saturated carbocycles. The van der Waals surface area contributed by atoms with Gasteiger partial charge in [-0.25, -0.2) is 9.18 Å². The monoisotopic (exact) mass is 251 g/mol. The summed E-state index contributed by atoms with van der Waals surface area (Å²) in [7, 11) is 3.25. The second-order valence-corrected chi connectivity index (χ2v) is 4.04. The maximum absolute atomic E-state index is 13.7. The summed E-state index contributed by atoms with van der Waals surface area (Å²) < 4.78 is 16.0. The first kappa shape index (κ1) is 12.5. The van der Waals surface area contributed by atoms with Crippen molar-refractivity contribution < 1.29 is 4.39 Å². The number of rotatable bonds is 3. The molecular formula is C12H14FN3O2. The van der Waals surface area contributed by atoms with Crippen LogP contribution in [-0.2, 0) is 13.6 Å². The zero-order chi connectivity index (χ0) is 13.3. The van der Waals surface area contributed by atoms with Crippen LogP contribution in [-0.4, -0.2) is 22.7 Å². The number of halogens is 1. The highest BCUT2D eigenvalue weighted by atomic mass is 19.1. The van der Waals surface area contributed by atoms with Crippen molar-refractivity contribution >= 4 is 10.9 Å². The summed E-state index contributed by atoms with van der Waals surface area (Å²) in [6, 6.07) is 4.26. The Labute approximate surface area is 102 Å². The number of benzene rings is 1. The number of nitrogens with one attached hydrogen (secondary N) is 1. The average Bonchev–Trinajstić information content (AvgIpc) is 2.36. The topological polar surface area (TPSA) is 56.0 Å². The smallest absolute Gasteiger partial charge is 0.318 e. The molecule has 96 valence electrons. The molecule has 0 bridgehead atoms. The summed E-state index contributed by atoms with van der Waals surface area (Å²) in [5.74, 6) is -0.605. The van der Waals surface area contributed by atoms with Gasteiger partial charge in [0.05, 0.1) is 10.9 Å². The van der Waals surface area contributed by atoms with Crippen molar-refractivity contribution in [3.8, 4) is 0 Å². The normalized spacial score (nSPS) is 11.1. The Bertz CT molecular complexity index is 703. The minimum absolute atomic E-state index is 0.0456. The summed E-state index contributed by atoms with van der Waals surface area (Å²) in [6.07, 6.45) is 0. The molecule has 0 radical (unpaired) electrons. The highest BCUT2D eigenvalue weighted by Gasteiger charge is 2.13. The van der Waals surface area contributed by atoms with Gasteiger partial charge in [0, 0.05) is 20.1 Å². The number of aromatic nitrogens is 2. The van der Waals surface area contributed by atoms with E-state index in [2.05, 4.69) is 5.32 Å². The molecule has 0 aliphatic rings. The zero-order valence-corrected chi connectivity index (χ0v) is 10.2. The number of nitrogens with zero attached hydrogens (tertiary/aromatic N) is 2. The maximum Gasteiger partial charge on any atom is 0.331 e. The number of hydrogen-bond donors (Lipinski definition) is 1. The van der Waals surface area contributed by atoms with Crippen LogP contribution in [0.1, 0.15) is 0 Å². The van der Waals surface area contributed by atoms with Crippen molar-refractivity contribution in [3.05, 3.63) is 44.9 Å². The van der Waals surface area contributed by atoms with Crippen LogP contribution >= 0.6 is 0 Å². The van der Waals surface area contributed by atoms with E-state index in [1.807, 2.05) is 0 Å². The first-order chi connectivity index (χ1) is 8.57. The predicted molar refractivity (Wildman–Crippen MR) is 67.3 cm³/mol. The molecule has 5 nitrogen and oxygen atoms in total. The molecule has 1 aromatic heterocycles. The van der Waals surface area contributed by atoms with Crippen molar-refractivity contribution in [1.29, 1.82) is 0 Å². The van der Waals surface area contributed by atoms with Gasteiger partial charge in [-0.15, -0.1) is 0 Å². The van der Waals surface area contributed by atoms with Gasteiger partial charge in [0.15, 0.2) is 0 Å². The van der Waals surface area contributed by atoms with E-state index in [0.29, 0.717) is 12.1 Å². The third-order valence-electron chi connectivity index (χ3n) is 2.92. The van der Waals surface area contributed by atoms with Crippen LogP contribution in [0.4, 0.5) is 4.39 Å². The highest BCUT2D eigenvalue weighted by molar-refractivity contribution is 5.78. The van der Waals surface area contributed by atoms with Gasteiger partial charge in [0.25, 0.3) is 5.56 Å². The molecule has 0 saturated heterocycles. The van der Waals surface area contributed by atoms with Crippen molar-refractivity contribution in [2.75, 3.05) is 13.6 Å². The molecule has 2 aromatic rings. The fourth-order valence-electron chi connectivity index (χ4n) is 1.93. The lowest BCUT2D eigenvalue weighted by molar-refractivity contribution is 0.573. The van der Waals surface area contributed by atoms with Gasteiger partial charge in [-0.2, -0.15) is 0 Å². The Kier molecular flexibility index (Phi) is 3.29. The summed E-state index contributed by atoms with van der Waals surface area (Å²) >= 11 is 0. The lowest BCUT2D eigenvalue weighted by atomic mass is 10.2. The summed E-state index contributed by atoms with van der Waals surface area (Å²) in [4.78, 5) is 24.1. The quantitative estimate of drug-likeness (QED) is 0.839. The third-order valence-corrected chi connectivity index (χ3v) is 2.92. The van der Waals surface area contributed by atoms with Crippen molar-refractivity contribution in [2.45, 2.75) is 6.54 Å². The fraction of sp³-hybridized carbons (Fsp3) is 0.333. The Hall–Kier alpha value is -1.95. The SMILES string of the molecule is CNCCn1c(=O)c2c(F)cccc2n(C)c1=O. The number of likely N-dealkylation sites (N-methyl/N-ethyl adjacent to an activating group) is 1. The Morgan fingerprint density at radius 2 is 2.06 bits per heavy atom. The van der Waals surface area contributed by atoms with Gasteiger partial charge in [0.2, 0.25) is 0 Å². The van der Waals surface area contributed by atoms with Gasteiger partial charge in [0.1, 0.15) is 5.82 Å². The van der Waals surface area contributed by atoms with Crippen LogP contribution in [0.3, 0.4) is 0 Å². The number of aryl methyl sites for hydroxylation is 1. The van der Waals surface area contributed by atoms with E-state index < -0.39 is 17.1 Å². The summed E-state index contributed by atoms with van der Waals surface area (Å²) in [6.45, 7) is 0.682. The van der Waals surface area contributed by atoms with Gasteiger partial charge in [-0.1, -0.05) is 6.07 Å². The van der Waals surface area contributed by atoms with Gasteiger partial charge < -0.3 is 5.32 Å². The Balaban J connectivity index is 2.86. The molecule has 0 spiro atoms. The minimum Gasteiger partial charge on any atom is -0.318 e. The van der Waals surface area contributed by atoms with Crippen molar-refractivity contribution in [1.82, 2.24) is 14.5 Å². The van der Waals surface area contributed by atoms with Crippen LogP contribution in [0.2, 0.25) is 0 Å². The van der Waals surface area contributed by atoms with Crippen LogP contribution in [0, 0.1) is 5.82 Å². The average molecular weight is 251 g/mol. The van der Waals surface area contributed by atoms with Crippen LogP contribution in [0.15, 0.2) is 27.8 Å². The van der Waals surface area contributed by atoms with E-state index in [-0.39, 0.29) is 11.9 Å². The third kappa shape index (κ3) is 1.84. The van der Waals surface area contributed by atoms with Gasteiger partial charge in [-0.3, -0.25) is 13.9 Å². The lowest BCUT2D eigenvalue weighted by Gasteiger charge is -2.10. The Morgan fingerprint density at radius 3 is 2.72 bits per heavy atom. The molecular weight excluding hydrogens is 237 g/mol. The molecule has 0 fully saturated rings. The zero-order valence-electron chi connectivity index (χ0n) is 10.2. The Morgan fingerprint density at radius 1 is 1.33 bits per heavy atom. The maximum atomic E-state index is 13.7. The molecule has 18 heavy (non-hydrogen) atoms. The minimum atomic E-state index is -0.605. The van der Waals surface area contributed by atoms with Crippen LogP contribution in [0.25, 0.3) is 10.9 Å². The molecule has 0 aliphatic heterocycles. The molecule has 0 amide bonds. The second kappa shape index (κ2) is 4.73. The lowest BCUT2D eigenvalue weighted by Crippen LogP contribution is -2.41.